The Morgan fingerprint density at radius 3 is 2.56 bits per heavy atom. The zero-order valence-electron chi connectivity index (χ0n) is 18.5. The molecule has 0 aliphatic carbocycles. The smallest absolute Gasteiger partial charge is 0.336 e. The van der Waals surface area contributed by atoms with Gasteiger partial charge in [0.05, 0.1) is 16.3 Å². The van der Waals surface area contributed by atoms with Gasteiger partial charge in [0.25, 0.3) is 5.91 Å². The topological polar surface area (TPSA) is 90.5 Å². The molecular weight excluding hydrogens is 524 g/mol. The second-order valence-corrected chi connectivity index (χ2v) is 9.12. The first-order chi connectivity index (χ1) is 17.1. The number of nitrogens with zero attached hydrogens (tertiary/aromatic N) is 4. The van der Waals surface area contributed by atoms with Gasteiger partial charge in [-0.25, -0.2) is 14.4 Å². The summed E-state index contributed by atoms with van der Waals surface area (Å²) in [7, 11) is 0. The van der Waals surface area contributed by atoms with E-state index in [1.54, 1.807) is 11.6 Å². The first-order valence-electron chi connectivity index (χ1n) is 10.6. The lowest BCUT2D eigenvalue weighted by molar-refractivity contribution is -0.167. The third kappa shape index (κ3) is 6.28. The van der Waals surface area contributed by atoms with E-state index in [1.807, 2.05) is 10.2 Å². The number of thiazole rings is 1. The van der Waals surface area contributed by atoms with Crippen LogP contribution in [0.25, 0.3) is 0 Å². The van der Waals surface area contributed by atoms with E-state index in [2.05, 4.69) is 15.3 Å². The maximum absolute atomic E-state index is 14.2. The fourth-order valence-corrected chi connectivity index (χ4v) is 4.29. The van der Waals surface area contributed by atoms with Crippen LogP contribution in [0, 0.1) is 5.82 Å². The van der Waals surface area contributed by atoms with E-state index in [-0.39, 0.29) is 28.6 Å². The lowest BCUT2D eigenvalue weighted by atomic mass is 10.1. The molecule has 0 spiro atoms. The molecule has 190 valence electrons. The molecule has 8 nitrogen and oxygen atoms in total. The molecule has 1 fully saturated rings. The van der Waals surface area contributed by atoms with E-state index in [0.29, 0.717) is 37.0 Å². The third-order valence-electron chi connectivity index (χ3n) is 5.29. The van der Waals surface area contributed by atoms with Gasteiger partial charge in [-0.05, 0) is 18.2 Å². The van der Waals surface area contributed by atoms with Crippen LogP contribution in [-0.4, -0.2) is 63.9 Å². The summed E-state index contributed by atoms with van der Waals surface area (Å²) >= 11 is 7.05. The highest BCUT2D eigenvalue weighted by Gasteiger charge is 2.38. The van der Waals surface area contributed by atoms with E-state index < -0.39 is 23.8 Å². The summed E-state index contributed by atoms with van der Waals surface area (Å²) < 4.78 is 52.5. The van der Waals surface area contributed by atoms with Gasteiger partial charge in [-0.2, -0.15) is 13.2 Å². The molecule has 3 aromatic rings. The standard InChI is InChI=1S/C22H19ClF4N6O2S/c23-16-3-1-2-15(18(16)24)19(34)33-7-5-32(6-8-33)12-14-10-13(30-20(35)22(25,26)27)11-17(29-14)31-21-28-4-9-36-21/h1-4,9-11H,5-8,12H2,(H2,28,29,30,31,35). The molecule has 0 atom stereocenters. The zero-order valence-corrected chi connectivity index (χ0v) is 20.1. The molecule has 36 heavy (non-hydrogen) atoms. The lowest BCUT2D eigenvalue weighted by Crippen LogP contribution is -2.48. The van der Waals surface area contributed by atoms with Crippen LogP contribution in [0.2, 0.25) is 5.02 Å². The third-order valence-corrected chi connectivity index (χ3v) is 6.27. The molecule has 1 saturated heterocycles. The van der Waals surface area contributed by atoms with Crippen molar-refractivity contribution in [2.24, 2.45) is 0 Å². The van der Waals surface area contributed by atoms with Gasteiger partial charge < -0.3 is 15.5 Å². The Morgan fingerprint density at radius 1 is 1.14 bits per heavy atom. The molecule has 0 unspecified atom stereocenters. The van der Waals surface area contributed by atoms with Crippen molar-refractivity contribution < 1.29 is 27.2 Å². The molecule has 2 amide bonds. The number of amides is 2. The number of piperazine rings is 1. The maximum Gasteiger partial charge on any atom is 0.471 e. The van der Waals surface area contributed by atoms with Crippen LogP contribution in [0.3, 0.4) is 0 Å². The molecule has 2 aromatic heterocycles. The predicted molar refractivity (Wildman–Crippen MR) is 127 cm³/mol. The first-order valence-corrected chi connectivity index (χ1v) is 11.9. The number of halogens is 5. The largest absolute Gasteiger partial charge is 0.471 e. The summed E-state index contributed by atoms with van der Waals surface area (Å²) in [5.41, 5.74) is 0.213. The van der Waals surface area contributed by atoms with Crippen LogP contribution in [0.15, 0.2) is 41.9 Å². The number of carbonyl (C=O) groups is 2. The predicted octanol–water partition coefficient (Wildman–Crippen LogP) is 4.53. The normalized spacial score (nSPS) is 14.5. The van der Waals surface area contributed by atoms with Crippen molar-refractivity contribution >= 4 is 51.4 Å². The molecule has 0 saturated carbocycles. The molecular formula is C22H19ClF4N6O2S. The van der Waals surface area contributed by atoms with Gasteiger partial charge in [-0.1, -0.05) is 17.7 Å². The quantitative estimate of drug-likeness (QED) is 0.445. The number of carbonyl (C=O) groups excluding carboxylic acids is 2. The second kappa shape index (κ2) is 10.8. The Bertz CT molecular complexity index is 1250. The average molecular weight is 543 g/mol. The fraction of sp³-hybridized carbons (Fsp3) is 0.273. The van der Waals surface area contributed by atoms with Crippen LogP contribution < -0.4 is 10.6 Å². The van der Waals surface area contributed by atoms with Crippen molar-refractivity contribution in [3.63, 3.8) is 0 Å². The van der Waals surface area contributed by atoms with Gasteiger partial charge in [-0.3, -0.25) is 14.5 Å². The van der Waals surface area contributed by atoms with Gasteiger partial charge in [0.2, 0.25) is 0 Å². The molecule has 1 aliphatic rings. The Labute approximate surface area is 211 Å². The summed E-state index contributed by atoms with van der Waals surface area (Å²) in [5, 5.41) is 6.82. The fourth-order valence-electron chi connectivity index (χ4n) is 3.58. The number of hydrogen-bond donors (Lipinski definition) is 2. The molecule has 14 heteroatoms. The first kappa shape index (κ1) is 25.8. The molecule has 1 aromatic carbocycles. The molecule has 0 radical (unpaired) electrons. The van der Waals surface area contributed by atoms with Crippen molar-refractivity contribution in [2.75, 3.05) is 36.8 Å². The van der Waals surface area contributed by atoms with Crippen molar-refractivity contribution in [1.29, 1.82) is 0 Å². The number of nitrogens with one attached hydrogen (secondary N) is 2. The average Bonchev–Trinajstić information content (AvgIpc) is 3.33. The molecule has 2 N–H and O–H groups in total. The van der Waals surface area contributed by atoms with Gasteiger partial charge in [-0.15, -0.1) is 11.3 Å². The van der Waals surface area contributed by atoms with E-state index in [0.717, 1.165) is 0 Å². The van der Waals surface area contributed by atoms with Crippen LogP contribution >= 0.6 is 22.9 Å². The molecule has 1 aliphatic heterocycles. The number of benzene rings is 1. The minimum atomic E-state index is -5.04. The summed E-state index contributed by atoms with van der Waals surface area (Å²) in [5.74, 6) is -3.13. The monoisotopic (exact) mass is 542 g/mol. The highest BCUT2D eigenvalue weighted by atomic mass is 35.5. The highest BCUT2D eigenvalue weighted by molar-refractivity contribution is 7.13. The Kier molecular flexibility index (Phi) is 7.71. The minimum Gasteiger partial charge on any atom is -0.336 e. The van der Waals surface area contributed by atoms with Gasteiger partial charge >= 0.3 is 12.1 Å². The van der Waals surface area contributed by atoms with E-state index in [9.17, 15) is 27.2 Å². The number of anilines is 3. The second-order valence-electron chi connectivity index (χ2n) is 7.82. The van der Waals surface area contributed by atoms with Gasteiger partial charge in [0.15, 0.2) is 10.9 Å². The van der Waals surface area contributed by atoms with Crippen LogP contribution in [0.4, 0.5) is 34.2 Å². The number of pyridine rings is 1. The number of aromatic nitrogens is 2. The van der Waals surface area contributed by atoms with Crippen molar-refractivity contribution in [3.05, 3.63) is 64.0 Å². The Hall–Kier alpha value is -3.29. The molecule has 0 bridgehead atoms. The highest BCUT2D eigenvalue weighted by Crippen LogP contribution is 2.25. The SMILES string of the molecule is O=C(c1cccc(Cl)c1F)N1CCN(Cc2cc(NC(=O)C(F)(F)F)cc(Nc3nccs3)n2)CC1. The van der Waals surface area contributed by atoms with Gasteiger partial charge in [0.1, 0.15) is 5.82 Å². The van der Waals surface area contributed by atoms with Crippen molar-refractivity contribution in [2.45, 2.75) is 12.7 Å². The van der Waals surface area contributed by atoms with Crippen molar-refractivity contribution in [3.8, 4) is 0 Å². The summed E-state index contributed by atoms with van der Waals surface area (Å²) in [4.78, 5) is 36.1. The lowest BCUT2D eigenvalue weighted by Gasteiger charge is -2.34. The number of rotatable bonds is 6. The number of alkyl halides is 3. The maximum atomic E-state index is 14.2. The summed E-state index contributed by atoms with van der Waals surface area (Å²) in [6, 6.07) is 6.88. The molecule has 3 heterocycles. The van der Waals surface area contributed by atoms with Crippen LogP contribution in [0.5, 0.6) is 0 Å². The zero-order chi connectivity index (χ0) is 25.9. The van der Waals surface area contributed by atoms with Gasteiger partial charge in [0, 0.05) is 56.1 Å². The summed E-state index contributed by atoms with van der Waals surface area (Å²) in [6.45, 7) is 1.70. The summed E-state index contributed by atoms with van der Waals surface area (Å²) in [6.07, 6.45) is -3.49. The Balaban J connectivity index is 1.45. The minimum absolute atomic E-state index is 0.0772. The molecule has 4 rings (SSSR count). The van der Waals surface area contributed by atoms with E-state index in [4.69, 9.17) is 11.6 Å². The Morgan fingerprint density at radius 2 is 1.89 bits per heavy atom. The van der Waals surface area contributed by atoms with Crippen LogP contribution in [-0.2, 0) is 11.3 Å². The van der Waals surface area contributed by atoms with E-state index >= 15 is 0 Å². The van der Waals surface area contributed by atoms with Crippen LogP contribution in [0.1, 0.15) is 16.1 Å². The number of hydrogen-bond acceptors (Lipinski definition) is 7. The van der Waals surface area contributed by atoms with E-state index in [1.165, 1.54) is 46.6 Å². The van der Waals surface area contributed by atoms with Crippen molar-refractivity contribution in [1.82, 2.24) is 19.8 Å².